The number of H-pyrrole nitrogens is 1. The molecule has 27 heavy (non-hydrogen) atoms. The first kappa shape index (κ1) is 17.7. The molecule has 0 saturated carbocycles. The molecule has 1 amide bonds. The molecule has 0 aromatic carbocycles. The highest BCUT2D eigenvalue weighted by atomic mass is 16.4. The molecular formula is C19H23N5O3. The summed E-state index contributed by atoms with van der Waals surface area (Å²) < 4.78 is 0. The van der Waals surface area contributed by atoms with Crippen LogP contribution in [0.5, 0.6) is 0 Å². The molecule has 2 N–H and O–H groups in total. The SMILES string of the molecule is CN1CCC[C@]2(C(=O)O)CCN(C(=O)c3cc(-c4ccccn4)n[nH]3)C[C@@H]12. The number of aromatic amines is 1. The van der Waals surface area contributed by atoms with Gasteiger partial charge in [-0.2, -0.15) is 5.10 Å². The van der Waals surface area contributed by atoms with E-state index in [2.05, 4.69) is 20.1 Å². The van der Waals surface area contributed by atoms with Crippen LogP contribution in [0.15, 0.2) is 30.5 Å². The third-order valence-electron chi connectivity index (χ3n) is 5.97. The van der Waals surface area contributed by atoms with Crippen LogP contribution in [0.1, 0.15) is 29.8 Å². The zero-order chi connectivity index (χ0) is 19.0. The van der Waals surface area contributed by atoms with Gasteiger partial charge in [0.15, 0.2) is 0 Å². The predicted octanol–water partition coefficient (Wildman–Crippen LogP) is 1.48. The van der Waals surface area contributed by atoms with E-state index in [-0.39, 0.29) is 11.9 Å². The van der Waals surface area contributed by atoms with Crippen LogP contribution in [0.3, 0.4) is 0 Å². The van der Waals surface area contributed by atoms with Crippen LogP contribution >= 0.6 is 0 Å². The van der Waals surface area contributed by atoms with Crippen molar-refractivity contribution in [3.05, 3.63) is 36.2 Å². The van der Waals surface area contributed by atoms with Gasteiger partial charge in [0.1, 0.15) is 11.4 Å². The Morgan fingerprint density at radius 3 is 2.85 bits per heavy atom. The van der Waals surface area contributed by atoms with Gasteiger partial charge in [0.2, 0.25) is 0 Å². The lowest BCUT2D eigenvalue weighted by molar-refractivity contribution is -0.161. The normalized spacial score (nSPS) is 25.8. The maximum absolute atomic E-state index is 13.0. The molecule has 0 aliphatic carbocycles. The lowest BCUT2D eigenvalue weighted by atomic mass is 9.68. The Kier molecular flexibility index (Phi) is 4.43. The molecule has 2 fully saturated rings. The number of likely N-dealkylation sites (tertiary alicyclic amines) is 2. The van der Waals surface area contributed by atoms with Crippen molar-refractivity contribution in [2.24, 2.45) is 5.41 Å². The summed E-state index contributed by atoms with van der Waals surface area (Å²) in [5.41, 5.74) is 0.961. The summed E-state index contributed by atoms with van der Waals surface area (Å²) in [7, 11) is 1.95. The number of amides is 1. The number of carbonyl (C=O) groups is 2. The molecule has 2 aromatic rings. The Hall–Kier alpha value is -2.74. The average molecular weight is 369 g/mol. The van der Waals surface area contributed by atoms with E-state index in [0.29, 0.717) is 43.0 Å². The molecule has 0 spiro atoms. The van der Waals surface area contributed by atoms with Crippen LogP contribution in [0.25, 0.3) is 11.4 Å². The van der Waals surface area contributed by atoms with Crippen molar-refractivity contribution in [2.45, 2.75) is 25.3 Å². The van der Waals surface area contributed by atoms with Crippen molar-refractivity contribution in [2.75, 3.05) is 26.7 Å². The molecule has 2 saturated heterocycles. The molecule has 4 rings (SSSR count). The van der Waals surface area contributed by atoms with Gasteiger partial charge in [-0.3, -0.25) is 19.7 Å². The summed E-state index contributed by atoms with van der Waals surface area (Å²) >= 11 is 0. The number of nitrogens with zero attached hydrogens (tertiary/aromatic N) is 4. The zero-order valence-electron chi connectivity index (χ0n) is 15.3. The third kappa shape index (κ3) is 2.99. The number of carboxylic acids is 1. The quantitative estimate of drug-likeness (QED) is 0.850. The van der Waals surface area contributed by atoms with Crippen molar-refractivity contribution >= 4 is 11.9 Å². The summed E-state index contributed by atoms with van der Waals surface area (Å²) in [5.74, 6) is -0.896. The number of hydrogen-bond acceptors (Lipinski definition) is 5. The summed E-state index contributed by atoms with van der Waals surface area (Å²) in [6, 6.07) is 7.07. The number of aromatic nitrogens is 3. The molecule has 0 unspecified atom stereocenters. The second-order valence-electron chi connectivity index (χ2n) is 7.44. The lowest BCUT2D eigenvalue weighted by Gasteiger charge is -2.51. The van der Waals surface area contributed by atoms with Crippen molar-refractivity contribution in [3.63, 3.8) is 0 Å². The lowest BCUT2D eigenvalue weighted by Crippen LogP contribution is -2.63. The number of hydrogen-bond donors (Lipinski definition) is 2. The number of rotatable bonds is 3. The Balaban J connectivity index is 1.54. The highest BCUT2D eigenvalue weighted by Crippen LogP contribution is 2.42. The first-order chi connectivity index (χ1) is 13.0. The monoisotopic (exact) mass is 369 g/mol. The van der Waals surface area contributed by atoms with E-state index < -0.39 is 11.4 Å². The van der Waals surface area contributed by atoms with Gasteiger partial charge in [0, 0.05) is 25.3 Å². The fraction of sp³-hybridized carbons (Fsp3) is 0.474. The molecule has 2 aromatic heterocycles. The van der Waals surface area contributed by atoms with E-state index in [4.69, 9.17) is 0 Å². The molecule has 2 aliphatic heterocycles. The first-order valence-electron chi connectivity index (χ1n) is 9.21. The van der Waals surface area contributed by atoms with Crippen LogP contribution in [0.4, 0.5) is 0 Å². The topological polar surface area (TPSA) is 102 Å². The van der Waals surface area contributed by atoms with Crippen molar-refractivity contribution in [3.8, 4) is 11.4 Å². The highest BCUT2D eigenvalue weighted by molar-refractivity contribution is 5.93. The number of nitrogens with one attached hydrogen (secondary N) is 1. The smallest absolute Gasteiger partial charge is 0.311 e. The fourth-order valence-corrected chi connectivity index (χ4v) is 4.42. The summed E-state index contributed by atoms with van der Waals surface area (Å²) in [6.45, 7) is 1.71. The van der Waals surface area contributed by atoms with E-state index in [9.17, 15) is 14.7 Å². The Labute approximate surface area is 157 Å². The minimum Gasteiger partial charge on any atom is -0.481 e. The van der Waals surface area contributed by atoms with Crippen LogP contribution in [-0.4, -0.2) is 74.7 Å². The molecule has 2 atom stereocenters. The van der Waals surface area contributed by atoms with Gasteiger partial charge in [-0.1, -0.05) is 6.07 Å². The second-order valence-corrected chi connectivity index (χ2v) is 7.44. The van der Waals surface area contributed by atoms with Crippen LogP contribution in [0.2, 0.25) is 0 Å². The van der Waals surface area contributed by atoms with Crippen molar-refractivity contribution in [1.29, 1.82) is 0 Å². The molecule has 0 radical (unpaired) electrons. The summed E-state index contributed by atoms with van der Waals surface area (Å²) in [5, 5.41) is 16.9. The minimum absolute atomic E-state index is 0.150. The largest absolute Gasteiger partial charge is 0.481 e. The molecule has 142 valence electrons. The standard InChI is InChI=1S/C19H23N5O3/c1-23-9-4-6-19(18(26)27)7-10-24(12-16(19)23)17(25)15-11-14(21-22-15)13-5-2-3-8-20-13/h2-3,5,8,11,16H,4,6-7,9-10,12H2,1H3,(H,21,22)(H,26,27)/t16-,19+/m1/s1. The Bertz CT molecular complexity index is 852. The van der Waals surface area contributed by atoms with Crippen LogP contribution < -0.4 is 0 Å². The first-order valence-corrected chi connectivity index (χ1v) is 9.21. The van der Waals surface area contributed by atoms with Gasteiger partial charge in [-0.05, 0) is 51.1 Å². The highest BCUT2D eigenvalue weighted by Gasteiger charge is 2.52. The average Bonchev–Trinajstić information content (AvgIpc) is 3.18. The zero-order valence-corrected chi connectivity index (χ0v) is 15.3. The fourth-order valence-electron chi connectivity index (χ4n) is 4.42. The number of carbonyl (C=O) groups excluding carboxylic acids is 1. The number of piperidine rings is 2. The molecular weight excluding hydrogens is 346 g/mol. The third-order valence-corrected chi connectivity index (χ3v) is 5.97. The van der Waals surface area contributed by atoms with E-state index in [1.807, 2.05) is 25.2 Å². The van der Waals surface area contributed by atoms with E-state index in [1.165, 1.54) is 0 Å². The summed E-state index contributed by atoms with van der Waals surface area (Å²) in [4.78, 5) is 33.1. The van der Waals surface area contributed by atoms with E-state index in [0.717, 1.165) is 13.0 Å². The number of likely N-dealkylation sites (N-methyl/N-ethyl adjacent to an activating group) is 1. The molecule has 8 heteroatoms. The van der Waals surface area contributed by atoms with Gasteiger partial charge in [0.05, 0.1) is 11.1 Å². The number of fused-ring (bicyclic) bond motifs is 1. The number of aliphatic carboxylic acids is 1. The van der Waals surface area contributed by atoms with Gasteiger partial charge >= 0.3 is 5.97 Å². The number of pyridine rings is 1. The molecule has 2 aliphatic rings. The van der Waals surface area contributed by atoms with Crippen LogP contribution in [-0.2, 0) is 4.79 Å². The minimum atomic E-state index is -0.753. The maximum atomic E-state index is 13.0. The van der Waals surface area contributed by atoms with Gasteiger partial charge in [0.25, 0.3) is 5.91 Å². The van der Waals surface area contributed by atoms with Gasteiger partial charge in [-0.25, -0.2) is 0 Å². The van der Waals surface area contributed by atoms with Crippen LogP contribution in [0, 0.1) is 5.41 Å². The predicted molar refractivity (Wildman–Crippen MR) is 98.1 cm³/mol. The van der Waals surface area contributed by atoms with Crippen molar-refractivity contribution < 1.29 is 14.7 Å². The van der Waals surface area contributed by atoms with E-state index in [1.54, 1.807) is 17.2 Å². The Morgan fingerprint density at radius 2 is 2.11 bits per heavy atom. The van der Waals surface area contributed by atoms with Crippen molar-refractivity contribution in [1.82, 2.24) is 25.0 Å². The number of carboxylic acid groups (broad SMARTS) is 1. The molecule has 4 heterocycles. The Morgan fingerprint density at radius 1 is 1.26 bits per heavy atom. The van der Waals surface area contributed by atoms with Gasteiger partial charge < -0.3 is 14.9 Å². The van der Waals surface area contributed by atoms with E-state index >= 15 is 0 Å². The molecule has 0 bridgehead atoms. The maximum Gasteiger partial charge on any atom is 0.311 e. The summed E-state index contributed by atoms with van der Waals surface area (Å²) in [6.07, 6.45) is 3.71. The van der Waals surface area contributed by atoms with Gasteiger partial charge in [-0.15, -0.1) is 0 Å². The second kappa shape index (κ2) is 6.77. The molecule has 8 nitrogen and oxygen atoms in total.